The molecule has 3 rings (SSSR count). The number of amides is 1. The van der Waals surface area contributed by atoms with Crippen molar-refractivity contribution in [3.8, 4) is 0 Å². The van der Waals surface area contributed by atoms with Gasteiger partial charge in [-0.25, -0.2) is 9.97 Å². The third kappa shape index (κ3) is 3.39. The van der Waals surface area contributed by atoms with Crippen molar-refractivity contribution in [2.75, 3.05) is 13.1 Å². The first kappa shape index (κ1) is 16.0. The molecule has 0 aliphatic carbocycles. The summed E-state index contributed by atoms with van der Waals surface area (Å²) in [5.41, 5.74) is 1.83. The van der Waals surface area contributed by atoms with E-state index in [1.54, 1.807) is 6.20 Å². The summed E-state index contributed by atoms with van der Waals surface area (Å²) in [5, 5.41) is 4.12. The minimum Gasteiger partial charge on any atom is -0.337 e. The third-order valence-corrected chi connectivity index (χ3v) is 4.91. The first-order valence-corrected chi connectivity index (χ1v) is 8.74. The number of aryl methyl sites for hydroxylation is 1. The molecule has 1 aliphatic heterocycles. The summed E-state index contributed by atoms with van der Waals surface area (Å²) in [6.07, 6.45) is 3.84. The molecule has 7 heteroatoms. The summed E-state index contributed by atoms with van der Waals surface area (Å²) in [7, 11) is 0. The summed E-state index contributed by atoms with van der Waals surface area (Å²) in [4.78, 5) is 24.1. The summed E-state index contributed by atoms with van der Waals surface area (Å²) in [6.45, 7) is 7.46. The molecular formula is C16H21N5OS. The Morgan fingerprint density at radius 1 is 1.43 bits per heavy atom. The van der Waals surface area contributed by atoms with Gasteiger partial charge in [-0.3, -0.25) is 4.79 Å². The molecule has 2 aromatic heterocycles. The maximum absolute atomic E-state index is 12.9. The van der Waals surface area contributed by atoms with Gasteiger partial charge in [0.1, 0.15) is 10.7 Å². The molecule has 0 N–H and O–H groups in total. The molecule has 23 heavy (non-hydrogen) atoms. The third-order valence-electron chi connectivity index (χ3n) is 4.18. The molecular weight excluding hydrogens is 310 g/mol. The van der Waals surface area contributed by atoms with E-state index in [-0.39, 0.29) is 17.7 Å². The van der Waals surface area contributed by atoms with Crippen LogP contribution in [0, 0.1) is 6.92 Å². The Morgan fingerprint density at radius 2 is 2.26 bits per heavy atom. The van der Waals surface area contributed by atoms with E-state index in [0.29, 0.717) is 11.4 Å². The highest BCUT2D eigenvalue weighted by atomic mass is 32.1. The van der Waals surface area contributed by atoms with E-state index >= 15 is 0 Å². The van der Waals surface area contributed by atoms with Gasteiger partial charge in [-0.05, 0) is 43.3 Å². The largest absolute Gasteiger partial charge is 0.337 e. The van der Waals surface area contributed by atoms with Crippen LogP contribution < -0.4 is 0 Å². The predicted octanol–water partition coefficient (Wildman–Crippen LogP) is 2.78. The Balaban J connectivity index is 1.78. The summed E-state index contributed by atoms with van der Waals surface area (Å²) < 4.78 is 3.97. The van der Waals surface area contributed by atoms with E-state index in [0.717, 1.165) is 36.6 Å². The standard InChI is InChI=1S/C16H21N5OS/c1-10(2)14-15(23-20-19-14)16(22)21-8-4-5-12(9-21)13-6-7-17-11(3)18-13/h6-7,10,12H,4-5,8-9H2,1-3H3/t12-/m1/s1. The summed E-state index contributed by atoms with van der Waals surface area (Å²) in [6, 6.07) is 1.96. The topological polar surface area (TPSA) is 71.9 Å². The van der Waals surface area contributed by atoms with Crippen molar-refractivity contribution >= 4 is 17.4 Å². The number of likely N-dealkylation sites (tertiary alicyclic amines) is 1. The van der Waals surface area contributed by atoms with Crippen LogP contribution in [-0.4, -0.2) is 43.5 Å². The van der Waals surface area contributed by atoms with Gasteiger partial charge in [0.05, 0.1) is 5.69 Å². The zero-order valence-electron chi connectivity index (χ0n) is 13.7. The van der Waals surface area contributed by atoms with Crippen molar-refractivity contribution in [1.29, 1.82) is 0 Å². The van der Waals surface area contributed by atoms with Gasteiger partial charge in [-0.1, -0.05) is 18.3 Å². The second-order valence-corrected chi connectivity index (χ2v) is 7.02. The number of carbonyl (C=O) groups is 1. The molecule has 0 aromatic carbocycles. The van der Waals surface area contributed by atoms with Crippen LogP contribution in [0.2, 0.25) is 0 Å². The fraction of sp³-hybridized carbons (Fsp3) is 0.562. The first-order valence-electron chi connectivity index (χ1n) is 7.97. The van der Waals surface area contributed by atoms with Gasteiger partial charge in [0.25, 0.3) is 5.91 Å². The number of carbonyl (C=O) groups excluding carboxylic acids is 1. The van der Waals surface area contributed by atoms with E-state index < -0.39 is 0 Å². The van der Waals surface area contributed by atoms with Gasteiger partial charge in [0.15, 0.2) is 0 Å². The average molecular weight is 331 g/mol. The van der Waals surface area contributed by atoms with Gasteiger partial charge in [-0.15, -0.1) is 5.10 Å². The lowest BCUT2D eigenvalue weighted by atomic mass is 9.94. The molecule has 3 heterocycles. The van der Waals surface area contributed by atoms with Crippen LogP contribution in [0.25, 0.3) is 0 Å². The van der Waals surface area contributed by atoms with Crippen molar-refractivity contribution in [3.63, 3.8) is 0 Å². The fourth-order valence-electron chi connectivity index (χ4n) is 2.97. The molecule has 1 saturated heterocycles. The minimum absolute atomic E-state index is 0.0548. The van der Waals surface area contributed by atoms with Crippen LogP contribution in [-0.2, 0) is 0 Å². The molecule has 1 atom stereocenters. The SMILES string of the molecule is Cc1nccc([C@@H]2CCCN(C(=O)c3snnc3C(C)C)C2)n1. The Kier molecular flexibility index (Phi) is 4.66. The van der Waals surface area contributed by atoms with Crippen LogP contribution in [0.15, 0.2) is 12.3 Å². The number of piperidine rings is 1. The predicted molar refractivity (Wildman–Crippen MR) is 88.6 cm³/mol. The normalized spacial score (nSPS) is 18.4. The molecule has 0 radical (unpaired) electrons. The zero-order chi connectivity index (χ0) is 16.4. The van der Waals surface area contributed by atoms with Gasteiger partial charge in [0, 0.05) is 30.9 Å². The minimum atomic E-state index is 0.0548. The van der Waals surface area contributed by atoms with E-state index in [9.17, 15) is 4.79 Å². The zero-order valence-corrected chi connectivity index (χ0v) is 14.5. The maximum atomic E-state index is 12.9. The Morgan fingerprint density at radius 3 is 3.00 bits per heavy atom. The maximum Gasteiger partial charge on any atom is 0.267 e. The van der Waals surface area contributed by atoms with Gasteiger partial charge in [-0.2, -0.15) is 0 Å². The highest BCUT2D eigenvalue weighted by molar-refractivity contribution is 7.08. The van der Waals surface area contributed by atoms with Crippen molar-refractivity contribution in [2.24, 2.45) is 0 Å². The molecule has 1 aliphatic rings. The summed E-state index contributed by atoms with van der Waals surface area (Å²) in [5.74, 6) is 1.31. The average Bonchev–Trinajstić information content (AvgIpc) is 3.04. The molecule has 1 fully saturated rings. The highest BCUT2D eigenvalue weighted by Gasteiger charge is 2.29. The molecule has 2 aromatic rings. The van der Waals surface area contributed by atoms with Crippen molar-refractivity contribution < 1.29 is 4.79 Å². The van der Waals surface area contributed by atoms with Crippen LogP contribution in [0.1, 0.15) is 65.4 Å². The molecule has 1 amide bonds. The highest BCUT2D eigenvalue weighted by Crippen LogP contribution is 2.28. The molecule has 0 unspecified atom stereocenters. The monoisotopic (exact) mass is 331 g/mol. The molecule has 0 bridgehead atoms. The number of nitrogens with zero attached hydrogens (tertiary/aromatic N) is 5. The van der Waals surface area contributed by atoms with Crippen molar-refractivity contribution in [2.45, 2.75) is 45.4 Å². The van der Waals surface area contributed by atoms with Gasteiger partial charge >= 0.3 is 0 Å². The Labute approximate surface area is 140 Å². The second-order valence-electron chi connectivity index (χ2n) is 6.26. The molecule has 122 valence electrons. The second kappa shape index (κ2) is 6.70. The van der Waals surface area contributed by atoms with E-state index in [2.05, 4.69) is 19.6 Å². The Hall–Kier alpha value is -1.89. The van der Waals surface area contributed by atoms with E-state index in [4.69, 9.17) is 0 Å². The fourth-order valence-corrected chi connectivity index (χ4v) is 3.76. The number of rotatable bonds is 3. The smallest absolute Gasteiger partial charge is 0.267 e. The van der Waals surface area contributed by atoms with Crippen LogP contribution >= 0.6 is 11.5 Å². The van der Waals surface area contributed by atoms with Gasteiger partial charge < -0.3 is 4.90 Å². The van der Waals surface area contributed by atoms with Crippen molar-refractivity contribution in [1.82, 2.24) is 24.5 Å². The van der Waals surface area contributed by atoms with Crippen molar-refractivity contribution in [3.05, 3.63) is 34.4 Å². The number of hydrogen-bond donors (Lipinski definition) is 0. The lowest BCUT2D eigenvalue weighted by Crippen LogP contribution is -2.39. The van der Waals surface area contributed by atoms with E-state index in [1.807, 2.05) is 31.7 Å². The summed E-state index contributed by atoms with van der Waals surface area (Å²) >= 11 is 1.20. The lowest BCUT2D eigenvalue weighted by molar-refractivity contribution is 0.0709. The lowest BCUT2D eigenvalue weighted by Gasteiger charge is -2.32. The van der Waals surface area contributed by atoms with Gasteiger partial charge in [0.2, 0.25) is 0 Å². The first-order chi connectivity index (χ1) is 11.1. The Bertz CT molecular complexity index is 699. The van der Waals surface area contributed by atoms with E-state index in [1.165, 1.54) is 11.5 Å². The number of hydrogen-bond acceptors (Lipinski definition) is 6. The molecule has 0 saturated carbocycles. The molecule has 6 nitrogen and oxygen atoms in total. The number of aromatic nitrogens is 4. The van der Waals surface area contributed by atoms with Crippen LogP contribution in [0.4, 0.5) is 0 Å². The quantitative estimate of drug-likeness (QED) is 0.865. The van der Waals surface area contributed by atoms with Crippen LogP contribution in [0.5, 0.6) is 0 Å². The van der Waals surface area contributed by atoms with Crippen LogP contribution in [0.3, 0.4) is 0 Å². The molecule has 0 spiro atoms.